The van der Waals surface area contributed by atoms with Crippen LogP contribution in [0, 0.1) is 0 Å². The third-order valence-corrected chi connectivity index (χ3v) is 11.5. The fourth-order valence-electron chi connectivity index (χ4n) is 2.04. The molecule has 0 aromatic carbocycles. The van der Waals surface area contributed by atoms with E-state index >= 15 is 0 Å². The Kier molecular flexibility index (Phi) is 4.96. The van der Waals surface area contributed by atoms with Crippen LogP contribution in [0.15, 0.2) is 0 Å². The molecule has 15 heavy (non-hydrogen) atoms. The first-order valence-electron chi connectivity index (χ1n) is 6.03. The molecule has 0 radical (unpaired) electrons. The first-order chi connectivity index (χ1) is 6.81. The van der Waals surface area contributed by atoms with Crippen molar-refractivity contribution in [2.24, 2.45) is 0 Å². The van der Waals surface area contributed by atoms with Crippen molar-refractivity contribution in [2.75, 3.05) is 5.75 Å². The van der Waals surface area contributed by atoms with Gasteiger partial charge in [-0.3, -0.25) is 0 Å². The van der Waals surface area contributed by atoms with Gasteiger partial charge in [-0.1, -0.05) is 0 Å². The van der Waals surface area contributed by atoms with Crippen molar-refractivity contribution in [3.05, 3.63) is 0 Å². The molecule has 1 saturated carbocycles. The molecular weight excluding hydrogens is 315 g/mol. The fraction of sp³-hybridized carbons (Fsp3) is 1.00. The molecule has 0 atom stereocenters. The van der Waals surface area contributed by atoms with Crippen molar-refractivity contribution in [3.8, 4) is 0 Å². The maximum atomic E-state index is 12.1. The number of sulfone groups is 1. The van der Waals surface area contributed by atoms with Crippen molar-refractivity contribution in [2.45, 2.75) is 56.6 Å². The van der Waals surface area contributed by atoms with E-state index in [0.29, 0.717) is 5.75 Å². The van der Waals surface area contributed by atoms with E-state index in [1.165, 1.54) is 6.42 Å². The van der Waals surface area contributed by atoms with E-state index in [4.69, 9.17) is 0 Å². The zero-order valence-corrected chi connectivity index (χ0v) is 13.9. The second-order valence-corrected chi connectivity index (χ2v) is 24.4. The van der Waals surface area contributed by atoms with Crippen LogP contribution in [0.1, 0.15) is 32.1 Å². The van der Waals surface area contributed by atoms with Gasteiger partial charge in [-0.05, 0) is 0 Å². The van der Waals surface area contributed by atoms with Crippen molar-refractivity contribution >= 4 is 28.2 Å². The summed E-state index contributed by atoms with van der Waals surface area (Å²) in [5.41, 5.74) is 0. The van der Waals surface area contributed by atoms with Gasteiger partial charge in [0.25, 0.3) is 0 Å². The summed E-state index contributed by atoms with van der Waals surface area (Å²) in [6, 6.07) is 0. The van der Waals surface area contributed by atoms with E-state index in [1.807, 2.05) is 0 Å². The minimum absolute atomic E-state index is 0.000104. The van der Waals surface area contributed by atoms with E-state index in [9.17, 15) is 8.42 Å². The van der Waals surface area contributed by atoms with Gasteiger partial charge in [0.15, 0.2) is 0 Å². The second kappa shape index (κ2) is 5.39. The van der Waals surface area contributed by atoms with Crippen LogP contribution in [0.3, 0.4) is 0 Å². The van der Waals surface area contributed by atoms with E-state index in [0.717, 1.165) is 30.1 Å². The molecule has 1 rings (SSSR count). The van der Waals surface area contributed by atoms with Gasteiger partial charge < -0.3 is 0 Å². The van der Waals surface area contributed by atoms with Gasteiger partial charge in [-0.2, -0.15) is 0 Å². The first kappa shape index (κ1) is 13.8. The maximum absolute atomic E-state index is 12.1. The van der Waals surface area contributed by atoms with Crippen LogP contribution in [0.5, 0.6) is 0 Å². The Morgan fingerprint density at radius 1 is 1.07 bits per heavy atom. The van der Waals surface area contributed by atoms with Crippen molar-refractivity contribution in [1.29, 1.82) is 0 Å². The van der Waals surface area contributed by atoms with Gasteiger partial charge in [0.1, 0.15) is 0 Å². The number of rotatable bonds is 4. The van der Waals surface area contributed by atoms with Crippen LogP contribution in [-0.4, -0.2) is 37.8 Å². The van der Waals surface area contributed by atoms with Crippen LogP contribution in [0.4, 0.5) is 0 Å². The van der Waals surface area contributed by atoms with Gasteiger partial charge >= 0.3 is 99.0 Å². The minimum atomic E-state index is -2.76. The third-order valence-electron chi connectivity index (χ3n) is 3.20. The molecule has 0 unspecified atom stereocenters. The first-order valence-corrected chi connectivity index (χ1v) is 18.3. The number of hydrogen-bond donors (Lipinski definition) is 0. The predicted molar refractivity (Wildman–Crippen MR) is 68.8 cm³/mol. The van der Waals surface area contributed by atoms with Crippen LogP contribution >= 0.6 is 0 Å². The van der Waals surface area contributed by atoms with Crippen molar-refractivity contribution in [3.63, 3.8) is 0 Å². The van der Waals surface area contributed by atoms with Gasteiger partial charge in [-0.15, -0.1) is 0 Å². The molecule has 0 aliphatic heterocycles. The molecule has 0 aromatic rings. The molecular formula is C11H24O2SSn. The van der Waals surface area contributed by atoms with Crippen LogP contribution in [0.2, 0.25) is 19.3 Å². The summed E-state index contributed by atoms with van der Waals surface area (Å²) in [6.45, 7) is 0. The molecule has 0 aromatic heterocycles. The van der Waals surface area contributed by atoms with E-state index in [1.54, 1.807) is 0 Å². The van der Waals surface area contributed by atoms with Crippen LogP contribution in [-0.2, 0) is 9.84 Å². The Morgan fingerprint density at radius 2 is 1.60 bits per heavy atom. The molecule has 0 heterocycles. The summed E-state index contributed by atoms with van der Waals surface area (Å²) < 4.78 is 25.1. The summed E-state index contributed by atoms with van der Waals surface area (Å²) in [7, 11) is -2.76. The zero-order chi connectivity index (χ0) is 11.5. The summed E-state index contributed by atoms with van der Waals surface area (Å²) in [4.78, 5) is 6.93. The van der Waals surface area contributed by atoms with Crippen LogP contribution < -0.4 is 0 Å². The third kappa shape index (κ3) is 5.07. The molecule has 1 aliphatic carbocycles. The molecule has 90 valence electrons. The van der Waals surface area contributed by atoms with Crippen molar-refractivity contribution < 1.29 is 8.42 Å². The molecule has 1 fully saturated rings. The Labute approximate surface area is 98.6 Å². The van der Waals surface area contributed by atoms with Gasteiger partial charge in [0.05, 0.1) is 0 Å². The zero-order valence-electron chi connectivity index (χ0n) is 10.3. The Balaban J connectivity index is 2.51. The van der Waals surface area contributed by atoms with E-state index in [2.05, 4.69) is 14.8 Å². The molecule has 0 saturated heterocycles. The Bertz CT molecular complexity index is 284. The SMILES string of the molecule is [CH3][Sn]([CH3])([CH3])[CH2]CS(=O)(=O)C1CCCCC1. The molecule has 0 amide bonds. The quantitative estimate of drug-likeness (QED) is 0.738. The van der Waals surface area contributed by atoms with Gasteiger partial charge in [0, 0.05) is 0 Å². The van der Waals surface area contributed by atoms with E-state index < -0.39 is 28.2 Å². The fourth-order valence-corrected chi connectivity index (χ4v) is 12.0. The molecule has 0 spiro atoms. The summed E-state index contributed by atoms with van der Waals surface area (Å²) in [6.07, 6.45) is 5.29. The molecule has 0 bridgehead atoms. The summed E-state index contributed by atoms with van der Waals surface area (Å²) >= 11 is -1.89. The summed E-state index contributed by atoms with van der Waals surface area (Å²) in [5, 5.41) is -0.000104. The van der Waals surface area contributed by atoms with Gasteiger partial charge in [-0.25, -0.2) is 0 Å². The topological polar surface area (TPSA) is 34.1 Å². The average Bonchev–Trinajstić information content (AvgIpc) is 2.16. The van der Waals surface area contributed by atoms with Crippen molar-refractivity contribution in [1.82, 2.24) is 0 Å². The van der Waals surface area contributed by atoms with Gasteiger partial charge in [0.2, 0.25) is 0 Å². The average molecular weight is 339 g/mol. The predicted octanol–water partition coefficient (Wildman–Crippen LogP) is 3.07. The normalized spacial score (nSPS) is 20.5. The molecule has 4 heteroatoms. The Hall–Kier alpha value is 0.749. The molecule has 0 N–H and O–H groups in total. The Morgan fingerprint density at radius 3 is 2.07 bits per heavy atom. The monoisotopic (exact) mass is 340 g/mol. The molecule has 2 nitrogen and oxygen atoms in total. The van der Waals surface area contributed by atoms with Crippen LogP contribution in [0.25, 0.3) is 0 Å². The standard InChI is InChI=1S/C8H15O2S.3CH3.Sn/c1-2-11(9,10)8-6-4-3-5-7-8;;;;/h8H,1-7H2;3*1H3;. The number of hydrogen-bond acceptors (Lipinski definition) is 2. The molecule has 1 aliphatic rings. The summed E-state index contributed by atoms with van der Waals surface area (Å²) in [5.74, 6) is 0.469. The van der Waals surface area contributed by atoms with E-state index in [-0.39, 0.29) is 5.25 Å². The second-order valence-electron chi connectivity index (χ2n) is 5.94.